The molecule has 1 heterocycles. The highest BCUT2D eigenvalue weighted by Crippen LogP contribution is 2.33. The SMILES string of the molecule is COC(=O)[C@@H]1Cc2ccccc2N1Cc1ccccc1. The molecule has 0 aliphatic carbocycles. The highest BCUT2D eigenvalue weighted by molar-refractivity contribution is 5.83. The number of carbonyl (C=O) groups excluding carboxylic acids is 1. The smallest absolute Gasteiger partial charge is 0.328 e. The van der Waals surface area contributed by atoms with E-state index < -0.39 is 0 Å². The van der Waals surface area contributed by atoms with E-state index in [2.05, 4.69) is 29.2 Å². The van der Waals surface area contributed by atoms with Gasteiger partial charge in [0.2, 0.25) is 0 Å². The van der Waals surface area contributed by atoms with Crippen molar-refractivity contribution in [3.8, 4) is 0 Å². The number of para-hydroxylation sites is 1. The monoisotopic (exact) mass is 267 g/mol. The lowest BCUT2D eigenvalue weighted by atomic mass is 10.1. The molecule has 1 aliphatic rings. The molecule has 0 aromatic heterocycles. The summed E-state index contributed by atoms with van der Waals surface area (Å²) in [5.41, 5.74) is 3.53. The highest BCUT2D eigenvalue weighted by Gasteiger charge is 2.34. The van der Waals surface area contributed by atoms with Crippen molar-refractivity contribution in [3.63, 3.8) is 0 Å². The standard InChI is InChI=1S/C17H17NO2/c1-20-17(19)16-11-14-9-5-6-10-15(14)18(16)12-13-7-3-2-4-8-13/h2-10,16H,11-12H2,1H3/t16-/m0/s1. The van der Waals surface area contributed by atoms with Gasteiger partial charge >= 0.3 is 5.97 Å². The molecule has 2 aromatic rings. The number of benzene rings is 2. The number of fused-ring (bicyclic) bond motifs is 1. The first-order valence-corrected chi connectivity index (χ1v) is 6.76. The van der Waals surface area contributed by atoms with Gasteiger partial charge in [-0.2, -0.15) is 0 Å². The summed E-state index contributed by atoms with van der Waals surface area (Å²) in [5.74, 6) is -0.169. The lowest BCUT2D eigenvalue weighted by Crippen LogP contribution is -2.39. The topological polar surface area (TPSA) is 29.5 Å². The summed E-state index contributed by atoms with van der Waals surface area (Å²) in [6.45, 7) is 0.720. The van der Waals surface area contributed by atoms with E-state index in [1.54, 1.807) is 0 Å². The van der Waals surface area contributed by atoms with E-state index in [-0.39, 0.29) is 12.0 Å². The molecule has 0 fully saturated rings. The number of methoxy groups -OCH3 is 1. The van der Waals surface area contributed by atoms with Crippen molar-refractivity contribution in [1.29, 1.82) is 0 Å². The van der Waals surface area contributed by atoms with Crippen LogP contribution in [0, 0.1) is 0 Å². The van der Waals surface area contributed by atoms with Crippen molar-refractivity contribution in [1.82, 2.24) is 0 Å². The first kappa shape index (κ1) is 12.7. The number of anilines is 1. The molecule has 0 amide bonds. The Balaban J connectivity index is 1.93. The van der Waals surface area contributed by atoms with Gasteiger partial charge in [-0.1, -0.05) is 48.5 Å². The van der Waals surface area contributed by atoms with Crippen LogP contribution in [0.1, 0.15) is 11.1 Å². The van der Waals surface area contributed by atoms with E-state index in [0.717, 1.165) is 18.7 Å². The molecule has 3 rings (SSSR count). The van der Waals surface area contributed by atoms with Gasteiger partial charge in [0.15, 0.2) is 0 Å². The maximum Gasteiger partial charge on any atom is 0.328 e. The quantitative estimate of drug-likeness (QED) is 0.801. The predicted octanol–water partition coefficient (Wildman–Crippen LogP) is 2.79. The summed E-state index contributed by atoms with van der Waals surface area (Å²) in [4.78, 5) is 14.2. The average Bonchev–Trinajstić information content (AvgIpc) is 2.86. The van der Waals surface area contributed by atoms with Gasteiger partial charge in [0.1, 0.15) is 6.04 Å². The van der Waals surface area contributed by atoms with Crippen LogP contribution in [0.3, 0.4) is 0 Å². The molecular weight excluding hydrogens is 250 g/mol. The normalized spacial score (nSPS) is 16.9. The number of carbonyl (C=O) groups is 1. The average molecular weight is 267 g/mol. The minimum atomic E-state index is -0.224. The molecule has 0 saturated carbocycles. The third-order valence-corrected chi connectivity index (χ3v) is 3.76. The third kappa shape index (κ3) is 2.27. The summed E-state index contributed by atoms with van der Waals surface area (Å²) >= 11 is 0. The predicted molar refractivity (Wildman–Crippen MR) is 78.6 cm³/mol. The highest BCUT2D eigenvalue weighted by atomic mass is 16.5. The summed E-state index contributed by atoms with van der Waals surface area (Å²) < 4.78 is 4.95. The molecule has 0 N–H and O–H groups in total. The molecule has 2 aromatic carbocycles. The van der Waals surface area contributed by atoms with Gasteiger partial charge < -0.3 is 9.64 Å². The Hall–Kier alpha value is -2.29. The molecular formula is C17H17NO2. The van der Waals surface area contributed by atoms with Crippen LogP contribution < -0.4 is 4.90 Å². The van der Waals surface area contributed by atoms with Gasteiger partial charge in [-0.25, -0.2) is 4.79 Å². The minimum absolute atomic E-state index is 0.169. The van der Waals surface area contributed by atoms with E-state index in [9.17, 15) is 4.79 Å². The third-order valence-electron chi connectivity index (χ3n) is 3.76. The molecule has 102 valence electrons. The van der Waals surface area contributed by atoms with Crippen molar-refractivity contribution < 1.29 is 9.53 Å². The van der Waals surface area contributed by atoms with Crippen LogP contribution in [-0.4, -0.2) is 19.1 Å². The van der Waals surface area contributed by atoms with Gasteiger partial charge in [0, 0.05) is 18.7 Å². The molecule has 1 atom stereocenters. The summed E-state index contributed by atoms with van der Waals surface area (Å²) in [6.07, 6.45) is 0.718. The Bertz CT molecular complexity index is 609. The number of rotatable bonds is 3. The second kappa shape index (κ2) is 5.37. The number of hydrogen-bond acceptors (Lipinski definition) is 3. The molecule has 1 aliphatic heterocycles. The first-order valence-electron chi connectivity index (χ1n) is 6.76. The van der Waals surface area contributed by atoms with Crippen molar-refractivity contribution in [2.75, 3.05) is 12.0 Å². The zero-order valence-corrected chi connectivity index (χ0v) is 11.5. The summed E-state index contributed by atoms with van der Waals surface area (Å²) in [6, 6.07) is 18.1. The second-order valence-corrected chi connectivity index (χ2v) is 4.99. The summed E-state index contributed by atoms with van der Waals surface area (Å²) in [7, 11) is 1.45. The molecule has 0 radical (unpaired) electrons. The van der Waals surface area contributed by atoms with Crippen LogP contribution in [0.5, 0.6) is 0 Å². The van der Waals surface area contributed by atoms with Gasteiger partial charge in [0.05, 0.1) is 7.11 Å². The fraction of sp³-hybridized carbons (Fsp3) is 0.235. The van der Waals surface area contributed by atoms with E-state index in [1.807, 2.05) is 30.3 Å². The molecule has 0 spiro atoms. The fourth-order valence-electron chi connectivity index (χ4n) is 2.77. The summed E-state index contributed by atoms with van der Waals surface area (Å²) in [5, 5.41) is 0. The maximum absolute atomic E-state index is 12.0. The van der Waals surface area contributed by atoms with Gasteiger partial charge in [-0.3, -0.25) is 0 Å². The Labute approximate surface area is 118 Å². The van der Waals surface area contributed by atoms with Gasteiger partial charge in [-0.05, 0) is 17.2 Å². The van der Waals surface area contributed by atoms with Gasteiger partial charge in [0.25, 0.3) is 0 Å². The fourth-order valence-corrected chi connectivity index (χ4v) is 2.77. The van der Waals surface area contributed by atoms with Crippen LogP contribution >= 0.6 is 0 Å². The minimum Gasteiger partial charge on any atom is -0.467 e. The van der Waals surface area contributed by atoms with Crippen molar-refractivity contribution in [2.45, 2.75) is 19.0 Å². The number of esters is 1. The van der Waals surface area contributed by atoms with Crippen molar-refractivity contribution in [2.24, 2.45) is 0 Å². The van der Waals surface area contributed by atoms with Crippen LogP contribution in [0.2, 0.25) is 0 Å². The molecule has 3 nitrogen and oxygen atoms in total. The number of hydrogen-bond donors (Lipinski definition) is 0. The first-order chi connectivity index (χ1) is 9.79. The Morgan fingerprint density at radius 3 is 2.60 bits per heavy atom. The largest absolute Gasteiger partial charge is 0.467 e. The Morgan fingerprint density at radius 1 is 1.15 bits per heavy atom. The second-order valence-electron chi connectivity index (χ2n) is 4.99. The molecule has 0 saturated heterocycles. The lowest BCUT2D eigenvalue weighted by molar-refractivity contribution is -0.142. The van der Waals surface area contributed by atoms with E-state index in [0.29, 0.717) is 0 Å². The Kier molecular flexibility index (Phi) is 3.42. The van der Waals surface area contributed by atoms with Crippen molar-refractivity contribution >= 4 is 11.7 Å². The van der Waals surface area contributed by atoms with Crippen LogP contribution in [0.15, 0.2) is 54.6 Å². The Morgan fingerprint density at radius 2 is 1.85 bits per heavy atom. The van der Waals surface area contributed by atoms with E-state index in [4.69, 9.17) is 4.74 Å². The van der Waals surface area contributed by atoms with E-state index >= 15 is 0 Å². The maximum atomic E-state index is 12.0. The van der Waals surface area contributed by atoms with Crippen LogP contribution in [0.25, 0.3) is 0 Å². The van der Waals surface area contributed by atoms with E-state index in [1.165, 1.54) is 18.2 Å². The van der Waals surface area contributed by atoms with Crippen LogP contribution in [-0.2, 0) is 22.5 Å². The molecule has 0 bridgehead atoms. The lowest BCUT2D eigenvalue weighted by Gasteiger charge is -2.25. The van der Waals surface area contributed by atoms with Gasteiger partial charge in [-0.15, -0.1) is 0 Å². The molecule has 0 unspecified atom stereocenters. The zero-order chi connectivity index (χ0) is 13.9. The molecule has 3 heteroatoms. The number of nitrogens with zero attached hydrogens (tertiary/aromatic N) is 1. The molecule has 20 heavy (non-hydrogen) atoms. The van der Waals surface area contributed by atoms with Crippen molar-refractivity contribution in [3.05, 3.63) is 65.7 Å². The van der Waals surface area contributed by atoms with Crippen LogP contribution in [0.4, 0.5) is 5.69 Å². The zero-order valence-electron chi connectivity index (χ0n) is 11.5. The number of ether oxygens (including phenoxy) is 1.